The number of rotatable bonds is 4. The van der Waals surface area contributed by atoms with Gasteiger partial charge in [0.25, 0.3) is 0 Å². The maximum absolute atomic E-state index is 10.7. The first-order valence-electron chi connectivity index (χ1n) is 4.65. The summed E-state index contributed by atoms with van der Waals surface area (Å²) in [5.74, 6) is 0.224. The number of nitro benzene ring substituents is 1. The molecular weight excluding hydrogens is 218 g/mol. The van der Waals surface area contributed by atoms with Gasteiger partial charge in [-0.1, -0.05) is 18.5 Å². The van der Waals surface area contributed by atoms with Gasteiger partial charge >= 0.3 is 5.69 Å². The Morgan fingerprint density at radius 2 is 2.27 bits per heavy atom. The van der Waals surface area contributed by atoms with Crippen LogP contribution in [0.5, 0.6) is 5.75 Å². The molecule has 1 rings (SSSR count). The number of hydrogen-bond donors (Lipinski definition) is 0. The molecule has 0 radical (unpaired) electrons. The van der Waals surface area contributed by atoms with Gasteiger partial charge < -0.3 is 4.74 Å². The number of nitrogens with zero attached hydrogens (tertiary/aromatic N) is 1. The fraction of sp³-hybridized carbons (Fsp3) is 0.400. The summed E-state index contributed by atoms with van der Waals surface area (Å²) in [7, 11) is 0. The van der Waals surface area contributed by atoms with Crippen molar-refractivity contribution < 1.29 is 9.66 Å². The van der Waals surface area contributed by atoms with E-state index in [9.17, 15) is 10.1 Å². The van der Waals surface area contributed by atoms with E-state index in [-0.39, 0.29) is 17.5 Å². The Morgan fingerprint density at radius 3 is 2.80 bits per heavy atom. The van der Waals surface area contributed by atoms with E-state index in [0.29, 0.717) is 5.02 Å². The lowest BCUT2D eigenvalue weighted by molar-refractivity contribution is -0.386. The number of benzene rings is 1. The molecular formula is C10H12ClNO3. The minimum atomic E-state index is -0.478. The number of hydrogen-bond acceptors (Lipinski definition) is 3. The highest BCUT2D eigenvalue weighted by Gasteiger charge is 2.16. The van der Waals surface area contributed by atoms with E-state index in [1.807, 2.05) is 13.8 Å². The van der Waals surface area contributed by atoms with Crippen LogP contribution in [0.15, 0.2) is 18.2 Å². The van der Waals surface area contributed by atoms with Gasteiger partial charge in [0, 0.05) is 17.2 Å². The van der Waals surface area contributed by atoms with Gasteiger partial charge in [0.1, 0.15) is 0 Å². The van der Waals surface area contributed by atoms with Gasteiger partial charge in [-0.15, -0.1) is 0 Å². The van der Waals surface area contributed by atoms with E-state index in [1.54, 1.807) is 0 Å². The van der Waals surface area contributed by atoms with Crippen LogP contribution in [0, 0.1) is 10.1 Å². The van der Waals surface area contributed by atoms with Gasteiger partial charge in [0.05, 0.1) is 11.0 Å². The Kier molecular flexibility index (Phi) is 3.91. The normalized spacial score (nSPS) is 12.2. The molecule has 0 aliphatic heterocycles. The predicted molar refractivity (Wildman–Crippen MR) is 58.5 cm³/mol. The fourth-order valence-electron chi connectivity index (χ4n) is 1.03. The highest BCUT2D eigenvalue weighted by molar-refractivity contribution is 6.30. The topological polar surface area (TPSA) is 52.4 Å². The van der Waals surface area contributed by atoms with Crippen LogP contribution in [-0.2, 0) is 0 Å². The molecule has 1 aromatic carbocycles. The van der Waals surface area contributed by atoms with Gasteiger partial charge in [0.15, 0.2) is 5.75 Å². The summed E-state index contributed by atoms with van der Waals surface area (Å²) >= 11 is 5.75. The minimum Gasteiger partial charge on any atom is -0.484 e. The minimum absolute atomic E-state index is 0.0558. The lowest BCUT2D eigenvalue weighted by Gasteiger charge is -2.12. The summed E-state index contributed by atoms with van der Waals surface area (Å²) in [6, 6.07) is 4.29. The molecule has 82 valence electrons. The SMILES string of the molecule is CCC(C)Oc1cc(Cl)ccc1[N+](=O)[O-]. The average Bonchev–Trinajstić information content (AvgIpc) is 2.17. The van der Waals surface area contributed by atoms with Crippen molar-refractivity contribution in [3.05, 3.63) is 33.3 Å². The molecule has 0 fully saturated rings. The monoisotopic (exact) mass is 229 g/mol. The van der Waals surface area contributed by atoms with Crippen LogP contribution in [0.3, 0.4) is 0 Å². The van der Waals surface area contributed by atoms with Crippen molar-refractivity contribution in [3.8, 4) is 5.75 Å². The number of halogens is 1. The molecule has 0 spiro atoms. The summed E-state index contributed by atoms with van der Waals surface area (Å²) in [5, 5.41) is 11.1. The lowest BCUT2D eigenvalue weighted by atomic mass is 10.2. The standard InChI is InChI=1S/C10H12ClNO3/c1-3-7(2)15-10-6-8(11)4-5-9(10)12(13)14/h4-7H,3H2,1-2H3. The van der Waals surface area contributed by atoms with Gasteiger partial charge in [-0.05, 0) is 19.4 Å². The van der Waals surface area contributed by atoms with E-state index in [4.69, 9.17) is 16.3 Å². The fourth-order valence-corrected chi connectivity index (χ4v) is 1.20. The first kappa shape index (κ1) is 11.8. The molecule has 0 aromatic heterocycles. The third kappa shape index (κ3) is 3.09. The molecule has 0 saturated carbocycles. The summed E-state index contributed by atoms with van der Waals surface area (Å²) < 4.78 is 5.41. The first-order chi connectivity index (χ1) is 7.04. The molecule has 0 saturated heterocycles. The quantitative estimate of drug-likeness (QED) is 0.587. The highest BCUT2D eigenvalue weighted by Crippen LogP contribution is 2.30. The molecule has 15 heavy (non-hydrogen) atoms. The van der Waals surface area contributed by atoms with Crippen LogP contribution in [0.2, 0.25) is 5.02 Å². The Balaban J connectivity index is 3.02. The Morgan fingerprint density at radius 1 is 1.60 bits per heavy atom. The summed E-state index contributed by atoms with van der Waals surface area (Å²) in [6.07, 6.45) is 0.714. The molecule has 1 aromatic rings. The van der Waals surface area contributed by atoms with E-state index < -0.39 is 4.92 Å². The van der Waals surface area contributed by atoms with Crippen molar-refractivity contribution >= 4 is 17.3 Å². The van der Waals surface area contributed by atoms with Crippen LogP contribution in [0.25, 0.3) is 0 Å². The highest BCUT2D eigenvalue weighted by atomic mass is 35.5. The zero-order valence-electron chi connectivity index (χ0n) is 8.57. The van der Waals surface area contributed by atoms with Crippen molar-refractivity contribution in [2.75, 3.05) is 0 Å². The summed E-state index contributed by atoms with van der Waals surface area (Å²) in [6.45, 7) is 3.80. The molecule has 4 nitrogen and oxygen atoms in total. The maximum Gasteiger partial charge on any atom is 0.311 e. The van der Waals surface area contributed by atoms with Crippen molar-refractivity contribution in [1.82, 2.24) is 0 Å². The van der Waals surface area contributed by atoms with Crippen LogP contribution in [0.4, 0.5) is 5.69 Å². The van der Waals surface area contributed by atoms with Crippen molar-refractivity contribution in [1.29, 1.82) is 0 Å². The average molecular weight is 230 g/mol. The van der Waals surface area contributed by atoms with E-state index in [2.05, 4.69) is 0 Å². The molecule has 0 aliphatic carbocycles. The van der Waals surface area contributed by atoms with Gasteiger partial charge in [-0.2, -0.15) is 0 Å². The predicted octanol–water partition coefficient (Wildman–Crippen LogP) is 3.43. The molecule has 0 amide bonds. The molecule has 0 aliphatic rings. The van der Waals surface area contributed by atoms with E-state index in [0.717, 1.165) is 6.42 Å². The number of nitro groups is 1. The van der Waals surface area contributed by atoms with Gasteiger partial charge in [-0.3, -0.25) is 10.1 Å². The van der Waals surface area contributed by atoms with Crippen molar-refractivity contribution in [3.63, 3.8) is 0 Å². The van der Waals surface area contributed by atoms with Crippen LogP contribution < -0.4 is 4.74 Å². The zero-order chi connectivity index (χ0) is 11.4. The smallest absolute Gasteiger partial charge is 0.311 e. The van der Waals surface area contributed by atoms with E-state index in [1.165, 1.54) is 18.2 Å². The first-order valence-corrected chi connectivity index (χ1v) is 5.03. The molecule has 1 unspecified atom stereocenters. The van der Waals surface area contributed by atoms with Crippen LogP contribution in [0.1, 0.15) is 20.3 Å². The van der Waals surface area contributed by atoms with Crippen molar-refractivity contribution in [2.24, 2.45) is 0 Å². The number of ether oxygens (including phenoxy) is 1. The van der Waals surface area contributed by atoms with Crippen LogP contribution in [-0.4, -0.2) is 11.0 Å². The third-order valence-corrected chi connectivity index (χ3v) is 2.26. The second-order valence-electron chi connectivity index (χ2n) is 3.21. The Labute approximate surface area is 93.0 Å². The van der Waals surface area contributed by atoms with Gasteiger partial charge in [0.2, 0.25) is 0 Å². The second kappa shape index (κ2) is 4.98. The van der Waals surface area contributed by atoms with Crippen molar-refractivity contribution in [2.45, 2.75) is 26.4 Å². The van der Waals surface area contributed by atoms with E-state index >= 15 is 0 Å². The Hall–Kier alpha value is -1.29. The Bertz CT molecular complexity index is 368. The molecule has 0 N–H and O–H groups in total. The maximum atomic E-state index is 10.7. The zero-order valence-corrected chi connectivity index (χ0v) is 9.32. The van der Waals surface area contributed by atoms with Crippen LogP contribution >= 0.6 is 11.6 Å². The largest absolute Gasteiger partial charge is 0.484 e. The molecule has 5 heteroatoms. The summed E-state index contributed by atoms with van der Waals surface area (Å²) in [5.41, 5.74) is -0.0558. The van der Waals surface area contributed by atoms with Gasteiger partial charge in [-0.25, -0.2) is 0 Å². The lowest BCUT2D eigenvalue weighted by Crippen LogP contribution is -2.10. The summed E-state index contributed by atoms with van der Waals surface area (Å²) in [4.78, 5) is 10.2. The third-order valence-electron chi connectivity index (χ3n) is 2.02. The second-order valence-corrected chi connectivity index (χ2v) is 3.64. The molecule has 0 bridgehead atoms. The molecule has 1 atom stereocenters. The molecule has 0 heterocycles.